The average molecular weight is 301 g/mol. The lowest BCUT2D eigenvalue weighted by Crippen LogP contribution is -2.24. The van der Waals surface area contributed by atoms with Gasteiger partial charge in [-0.05, 0) is 49.9 Å². The third-order valence-electron chi connectivity index (χ3n) is 3.89. The number of allylic oxidation sites excluding steroid dienone is 1. The van der Waals surface area contributed by atoms with Gasteiger partial charge in [0.1, 0.15) is 0 Å². The summed E-state index contributed by atoms with van der Waals surface area (Å²) in [6.07, 6.45) is 6.80. The van der Waals surface area contributed by atoms with E-state index >= 15 is 0 Å². The summed E-state index contributed by atoms with van der Waals surface area (Å²) in [5.41, 5.74) is 2.61. The molecule has 0 bridgehead atoms. The summed E-state index contributed by atoms with van der Waals surface area (Å²) in [5, 5.41) is 8.21. The van der Waals surface area contributed by atoms with Crippen LogP contribution in [0.15, 0.2) is 36.0 Å². The molecular formula is C17H23N3O2. The van der Waals surface area contributed by atoms with Gasteiger partial charge in [0, 0.05) is 24.5 Å². The molecule has 22 heavy (non-hydrogen) atoms. The zero-order valence-corrected chi connectivity index (χ0v) is 13.1. The molecule has 2 rings (SSSR count). The van der Waals surface area contributed by atoms with E-state index in [0.717, 1.165) is 0 Å². The Balaban J connectivity index is 1.83. The summed E-state index contributed by atoms with van der Waals surface area (Å²) in [5.74, 6) is 0.489. The van der Waals surface area contributed by atoms with E-state index in [1.165, 1.54) is 38.2 Å². The summed E-state index contributed by atoms with van der Waals surface area (Å²) in [6.45, 7) is 3.52. The molecule has 0 saturated heterocycles. The molecule has 0 unspecified atom stereocenters. The lowest BCUT2D eigenvalue weighted by atomic mass is 10.0. The van der Waals surface area contributed by atoms with E-state index in [-0.39, 0.29) is 11.9 Å². The van der Waals surface area contributed by atoms with Crippen molar-refractivity contribution in [2.75, 3.05) is 10.6 Å². The first-order valence-corrected chi connectivity index (χ1v) is 7.66. The van der Waals surface area contributed by atoms with Crippen LogP contribution in [-0.2, 0) is 4.79 Å². The molecule has 1 fully saturated rings. The highest BCUT2D eigenvalue weighted by Gasteiger charge is 2.16. The van der Waals surface area contributed by atoms with Crippen LogP contribution >= 0.6 is 0 Å². The van der Waals surface area contributed by atoms with Gasteiger partial charge >= 0.3 is 6.03 Å². The Hall–Kier alpha value is -2.30. The fraction of sp³-hybridized carbons (Fsp3) is 0.412. The second-order valence-electron chi connectivity index (χ2n) is 5.73. The number of nitrogens with one attached hydrogen (secondary N) is 3. The second kappa shape index (κ2) is 7.64. The molecule has 1 saturated carbocycles. The Morgan fingerprint density at radius 3 is 2.09 bits per heavy atom. The number of amides is 3. The monoisotopic (exact) mass is 301 g/mol. The maximum atomic E-state index is 11.9. The highest BCUT2D eigenvalue weighted by Crippen LogP contribution is 2.30. The summed E-state index contributed by atoms with van der Waals surface area (Å²) < 4.78 is 0. The third-order valence-corrected chi connectivity index (χ3v) is 3.89. The number of anilines is 2. The molecule has 0 aliphatic heterocycles. The third kappa shape index (κ3) is 4.91. The smallest absolute Gasteiger partial charge is 0.323 e. The van der Waals surface area contributed by atoms with E-state index < -0.39 is 0 Å². The highest BCUT2D eigenvalue weighted by molar-refractivity contribution is 5.91. The van der Waals surface area contributed by atoms with Gasteiger partial charge in [0.05, 0.1) is 0 Å². The van der Waals surface area contributed by atoms with E-state index in [0.29, 0.717) is 17.3 Å². The number of hydrogen-bond donors (Lipinski definition) is 3. The molecule has 1 aromatic carbocycles. The van der Waals surface area contributed by atoms with Gasteiger partial charge in [0.2, 0.25) is 5.91 Å². The Morgan fingerprint density at radius 2 is 1.55 bits per heavy atom. The first-order chi connectivity index (χ1) is 10.5. The molecule has 1 aliphatic carbocycles. The van der Waals surface area contributed by atoms with Crippen LogP contribution in [0.3, 0.4) is 0 Å². The molecule has 5 heteroatoms. The van der Waals surface area contributed by atoms with Crippen molar-refractivity contribution in [1.82, 2.24) is 5.32 Å². The van der Waals surface area contributed by atoms with Crippen LogP contribution in [0.5, 0.6) is 0 Å². The maximum absolute atomic E-state index is 11.9. The van der Waals surface area contributed by atoms with Crippen molar-refractivity contribution in [1.29, 1.82) is 0 Å². The Labute approximate surface area is 131 Å². The number of carbonyl (C=O) groups excluding carboxylic acids is 2. The molecule has 0 atom stereocenters. The SMILES string of the molecule is CC(=O)Nc1ccc(NC(=O)N/C=C(\C)C2CCCC2)cc1. The molecular weight excluding hydrogens is 278 g/mol. The topological polar surface area (TPSA) is 70.2 Å². The number of urea groups is 1. The summed E-state index contributed by atoms with van der Waals surface area (Å²) >= 11 is 0. The molecule has 5 nitrogen and oxygen atoms in total. The van der Waals surface area contributed by atoms with E-state index in [1.807, 2.05) is 0 Å². The van der Waals surface area contributed by atoms with Crippen LogP contribution in [0, 0.1) is 5.92 Å². The molecule has 0 spiro atoms. The standard InChI is InChI=1S/C17H23N3O2/c1-12(14-5-3-4-6-14)11-18-17(22)20-16-9-7-15(8-10-16)19-13(2)21/h7-11,14H,3-6H2,1-2H3,(H,19,21)(H2,18,20,22)/b12-11+. The van der Waals surface area contributed by atoms with E-state index in [1.54, 1.807) is 30.5 Å². The summed E-state index contributed by atoms with van der Waals surface area (Å²) in [7, 11) is 0. The van der Waals surface area contributed by atoms with Gasteiger partial charge in [-0.3, -0.25) is 4.79 Å². The lowest BCUT2D eigenvalue weighted by molar-refractivity contribution is -0.114. The van der Waals surface area contributed by atoms with Crippen molar-refractivity contribution >= 4 is 23.3 Å². The predicted molar refractivity (Wildman–Crippen MR) is 88.6 cm³/mol. The number of carbonyl (C=O) groups is 2. The van der Waals surface area contributed by atoms with Crippen molar-refractivity contribution in [3.8, 4) is 0 Å². The van der Waals surface area contributed by atoms with Gasteiger partial charge < -0.3 is 16.0 Å². The predicted octanol–water partition coefficient (Wildman–Crippen LogP) is 3.86. The Bertz CT molecular complexity index is 558. The molecule has 3 amide bonds. The second-order valence-corrected chi connectivity index (χ2v) is 5.73. The molecule has 3 N–H and O–H groups in total. The quantitative estimate of drug-likeness (QED) is 0.790. The Kier molecular flexibility index (Phi) is 5.58. The van der Waals surface area contributed by atoms with Gasteiger partial charge in [0.25, 0.3) is 0 Å². The largest absolute Gasteiger partial charge is 0.326 e. The van der Waals surface area contributed by atoms with E-state index in [4.69, 9.17) is 0 Å². The summed E-state index contributed by atoms with van der Waals surface area (Å²) in [6, 6.07) is 6.73. The maximum Gasteiger partial charge on any atom is 0.323 e. The fourth-order valence-corrected chi connectivity index (χ4v) is 2.69. The molecule has 1 aromatic rings. The minimum Gasteiger partial charge on any atom is -0.326 e. The molecule has 0 radical (unpaired) electrons. The van der Waals surface area contributed by atoms with Crippen LogP contribution in [0.1, 0.15) is 39.5 Å². The van der Waals surface area contributed by atoms with Crippen LogP contribution in [0.2, 0.25) is 0 Å². The van der Waals surface area contributed by atoms with Crippen molar-refractivity contribution in [3.63, 3.8) is 0 Å². The summed E-state index contributed by atoms with van der Waals surface area (Å²) in [4.78, 5) is 22.8. The first kappa shape index (κ1) is 16.1. The molecule has 118 valence electrons. The zero-order valence-electron chi connectivity index (χ0n) is 13.1. The minimum atomic E-state index is -0.260. The van der Waals surface area contributed by atoms with Gasteiger partial charge in [-0.25, -0.2) is 4.79 Å². The highest BCUT2D eigenvalue weighted by atomic mass is 16.2. The first-order valence-electron chi connectivity index (χ1n) is 7.66. The van der Waals surface area contributed by atoms with Gasteiger partial charge in [-0.15, -0.1) is 0 Å². The van der Waals surface area contributed by atoms with Crippen molar-refractivity contribution in [2.24, 2.45) is 5.92 Å². The van der Waals surface area contributed by atoms with Crippen LogP contribution in [0.25, 0.3) is 0 Å². The van der Waals surface area contributed by atoms with E-state index in [9.17, 15) is 9.59 Å². The molecule has 0 heterocycles. The van der Waals surface area contributed by atoms with Crippen molar-refractivity contribution < 1.29 is 9.59 Å². The molecule has 1 aliphatic rings. The number of hydrogen-bond acceptors (Lipinski definition) is 2. The zero-order chi connectivity index (χ0) is 15.9. The average Bonchev–Trinajstić information content (AvgIpc) is 3.00. The van der Waals surface area contributed by atoms with Gasteiger partial charge in [-0.2, -0.15) is 0 Å². The normalized spacial score (nSPS) is 15.5. The van der Waals surface area contributed by atoms with Crippen LogP contribution in [-0.4, -0.2) is 11.9 Å². The number of benzene rings is 1. The van der Waals surface area contributed by atoms with Crippen molar-refractivity contribution in [3.05, 3.63) is 36.0 Å². The Morgan fingerprint density at radius 1 is 1.00 bits per heavy atom. The van der Waals surface area contributed by atoms with Crippen molar-refractivity contribution in [2.45, 2.75) is 39.5 Å². The van der Waals surface area contributed by atoms with Crippen LogP contribution in [0.4, 0.5) is 16.2 Å². The fourth-order valence-electron chi connectivity index (χ4n) is 2.69. The van der Waals surface area contributed by atoms with E-state index in [2.05, 4.69) is 22.9 Å². The molecule has 0 aromatic heterocycles. The van der Waals surface area contributed by atoms with Gasteiger partial charge in [0.15, 0.2) is 0 Å². The van der Waals surface area contributed by atoms with Gasteiger partial charge in [-0.1, -0.05) is 18.4 Å². The van der Waals surface area contributed by atoms with Crippen LogP contribution < -0.4 is 16.0 Å². The lowest BCUT2D eigenvalue weighted by Gasteiger charge is -2.11. The minimum absolute atomic E-state index is 0.119. The number of rotatable bonds is 4.